The summed E-state index contributed by atoms with van der Waals surface area (Å²) in [6, 6.07) is 0. The van der Waals surface area contributed by atoms with E-state index >= 15 is 0 Å². The second kappa shape index (κ2) is 3.79. The van der Waals surface area contributed by atoms with E-state index in [1.165, 1.54) is 6.26 Å². The molecule has 1 nitrogen and oxygen atoms in total. The first-order valence-corrected chi connectivity index (χ1v) is 5.95. The molecule has 0 bridgehead atoms. The van der Waals surface area contributed by atoms with Crippen LogP contribution in [-0.4, -0.2) is 22.5 Å². The van der Waals surface area contributed by atoms with Gasteiger partial charge in [-0.05, 0) is 15.4 Å². The molecule has 76 valence electrons. The van der Waals surface area contributed by atoms with Crippen molar-refractivity contribution in [2.75, 3.05) is 6.26 Å². The number of allylic oxidation sites excluding steroid dienone is 1. The Morgan fingerprint density at radius 1 is 1.38 bits per heavy atom. The van der Waals surface area contributed by atoms with Crippen molar-refractivity contribution in [2.45, 2.75) is 6.18 Å². The van der Waals surface area contributed by atoms with Gasteiger partial charge in [-0.2, -0.15) is 13.2 Å². The molecular formula is C7H9F3OS2. The highest BCUT2D eigenvalue weighted by Crippen LogP contribution is 2.37. The van der Waals surface area contributed by atoms with E-state index in [-0.39, 0.29) is 16.0 Å². The van der Waals surface area contributed by atoms with E-state index in [4.69, 9.17) is 0 Å². The molecule has 0 saturated heterocycles. The van der Waals surface area contributed by atoms with Crippen LogP contribution in [0, 0.1) is 0 Å². The molecule has 0 saturated carbocycles. The fourth-order valence-electron chi connectivity index (χ4n) is 0.283. The maximum Gasteiger partial charge on any atom is 0.422 e. The molecule has 0 rings (SSSR count). The number of halogens is 3. The Bertz CT molecular complexity index is 324. The predicted molar refractivity (Wildman–Crippen MR) is 53.1 cm³/mol. The SMILES string of the molecule is C=C(SC(=C)S(=C)(C)=O)C(F)(F)F. The quantitative estimate of drug-likeness (QED) is 0.693. The lowest BCUT2D eigenvalue weighted by Crippen LogP contribution is -2.09. The minimum atomic E-state index is -4.49. The van der Waals surface area contributed by atoms with Crippen LogP contribution in [0.25, 0.3) is 0 Å². The molecule has 13 heavy (non-hydrogen) atoms. The average Bonchev–Trinajstić information content (AvgIpc) is 1.82. The number of alkyl halides is 3. The van der Waals surface area contributed by atoms with Gasteiger partial charge < -0.3 is 0 Å². The average molecular weight is 230 g/mol. The Hall–Kier alpha value is -0.360. The molecule has 0 spiro atoms. The normalized spacial score (nSPS) is 16.3. The monoisotopic (exact) mass is 230 g/mol. The van der Waals surface area contributed by atoms with Crippen molar-refractivity contribution in [1.82, 2.24) is 0 Å². The smallest absolute Gasteiger partial charge is 0.263 e. The van der Waals surface area contributed by atoms with Crippen LogP contribution in [0.5, 0.6) is 0 Å². The zero-order valence-electron chi connectivity index (χ0n) is 6.98. The van der Waals surface area contributed by atoms with Crippen LogP contribution in [0.2, 0.25) is 0 Å². The lowest BCUT2D eigenvalue weighted by molar-refractivity contribution is -0.0832. The molecule has 0 aliphatic rings. The number of hydrogen-bond acceptors (Lipinski definition) is 2. The first-order chi connectivity index (χ1) is 5.55. The van der Waals surface area contributed by atoms with Crippen molar-refractivity contribution in [1.29, 1.82) is 0 Å². The van der Waals surface area contributed by atoms with Gasteiger partial charge in [-0.15, -0.1) is 0 Å². The molecule has 0 aromatic heterocycles. The lowest BCUT2D eigenvalue weighted by Gasteiger charge is -2.11. The first-order valence-electron chi connectivity index (χ1n) is 3.00. The van der Waals surface area contributed by atoms with E-state index in [1.807, 2.05) is 0 Å². The zero-order valence-corrected chi connectivity index (χ0v) is 8.61. The van der Waals surface area contributed by atoms with Gasteiger partial charge in [0.05, 0.1) is 9.14 Å². The molecule has 1 unspecified atom stereocenters. The molecule has 0 aromatic carbocycles. The Labute approximate surface area is 79.7 Å². The minimum absolute atomic E-state index is 0.116. The largest absolute Gasteiger partial charge is 0.422 e. The van der Waals surface area contributed by atoms with Crippen molar-refractivity contribution in [3.63, 3.8) is 0 Å². The Kier molecular flexibility index (Phi) is 3.69. The van der Waals surface area contributed by atoms with Gasteiger partial charge in [-0.1, -0.05) is 24.9 Å². The second-order valence-corrected chi connectivity index (χ2v) is 6.35. The topological polar surface area (TPSA) is 17.1 Å². The third-order valence-corrected chi connectivity index (χ3v) is 4.01. The molecule has 0 aromatic rings. The van der Waals surface area contributed by atoms with Crippen molar-refractivity contribution in [3.8, 4) is 0 Å². The summed E-state index contributed by atoms with van der Waals surface area (Å²) in [4.78, 5) is -1.03. The first kappa shape index (κ1) is 12.6. The standard InChI is InChI=1S/C7H9F3OS2/c1-5(7(8,9)10)12-6(2)13(3,4)11/h1-3H2,4H3. The van der Waals surface area contributed by atoms with Crippen molar-refractivity contribution >= 4 is 27.2 Å². The Morgan fingerprint density at radius 2 is 1.77 bits per heavy atom. The van der Waals surface area contributed by atoms with E-state index in [9.17, 15) is 17.4 Å². The van der Waals surface area contributed by atoms with Gasteiger partial charge in [0.2, 0.25) is 0 Å². The van der Waals surface area contributed by atoms with Gasteiger partial charge in [0.25, 0.3) is 0 Å². The van der Waals surface area contributed by atoms with Crippen molar-refractivity contribution < 1.29 is 17.4 Å². The van der Waals surface area contributed by atoms with Gasteiger partial charge in [0.15, 0.2) is 0 Å². The van der Waals surface area contributed by atoms with Crippen LogP contribution in [0.4, 0.5) is 13.2 Å². The van der Waals surface area contributed by atoms with Gasteiger partial charge in [0, 0.05) is 6.26 Å². The molecule has 0 aliphatic carbocycles. The van der Waals surface area contributed by atoms with Gasteiger partial charge >= 0.3 is 6.18 Å². The van der Waals surface area contributed by atoms with Gasteiger partial charge in [0.1, 0.15) is 0 Å². The Morgan fingerprint density at radius 3 is 2.00 bits per heavy atom. The zero-order chi connectivity index (χ0) is 10.9. The Balaban J connectivity index is 4.52. The molecule has 0 fully saturated rings. The lowest BCUT2D eigenvalue weighted by atomic mass is 10.6. The summed E-state index contributed by atoms with van der Waals surface area (Å²) in [5, 5.41) is 0. The molecule has 0 N–H and O–H groups in total. The van der Waals surface area contributed by atoms with Crippen molar-refractivity contribution in [2.24, 2.45) is 0 Å². The van der Waals surface area contributed by atoms with E-state index in [2.05, 4.69) is 19.0 Å². The van der Waals surface area contributed by atoms with Crippen LogP contribution in [-0.2, 0) is 9.52 Å². The van der Waals surface area contributed by atoms with Crippen LogP contribution in [0.1, 0.15) is 0 Å². The van der Waals surface area contributed by atoms with Crippen LogP contribution in [0.3, 0.4) is 0 Å². The minimum Gasteiger partial charge on any atom is -0.263 e. The van der Waals surface area contributed by atoms with E-state index in [1.54, 1.807) is 0 Å². The molecule has 6 heteroatoms. The number of hydrogen-bond donors (Lipinski definition) is 0. The maximum atomic E-state index is 11.9. The van der Waals surface area contributed by atoms with Crippen LogP contribution < -0.4 is 0 Å². The summed E-state index contributed by atoms with van der Waals surface area (Å²) < 4.78 is 46.8. The highest BCUT2D eigenvalue weighted by Gasteiger charge is 2.33. The molecular weight excluding hydrogens is 221 g/mol. The number of rotatable bonds is 3. The third kappa shape index (κ3) is 4.42. The highest BCUT2D eigenvalue weighted by atomic mass is 32.3. The molecule has 0 amide bonds. The van der Waals surface area contributed by atoms with E-state index in [0.29, 0.717) is 0 Å². The van der Waals surface area contributed by atoms with Crippen LogP contribution >= 0.6 is 11.8 Å². The summed E-state index contributed by atoms with van der Waals surface area (Å²) in [7, 11) is -2.65. The summed E-state index contributed by atoms with van der Waals surface area (Å²) in [5.41, 5.74) is 0. The third-order valence-electron chi connectivity index (χ3n) is 1.03. The second-order valence-electron chi connectivity index (χ2n) is 2.40. The summed E-state index contributed by atoms with van der Waals surface area (Å²) in [6.07, 6.45) is -3.26. The summed E-state index contributed by atoms with van der Waals surface area (Å²) in [6.45, 7) is 6.05. The number of thioether (sulfide) groups is 1. The highest BCUT2D eigenvalue weighted by molar-refractivity contribution is 8.23. The summed E-state index contributed by atoms with van der Waals surface area (Å²) in [5.74, 6) is 3.20. The fraction of sp³-hybridized carbons (Fsp3) is 0.286. The predicted octanol–water partition coefficient (Wildman–Crippen LogP) is 2.61. The van der Waals surface area contributed by atoms with Crippen LogP contribution in [0.15, 0.2) is 22.3 Å². The van der Waals surface area contributed by atoms with Gasteiger partial charge in [-0.25, -0.2) is 0 Å². The molecule has 1 atom stereocenters. The maximum absolute atomic E-state index is 11.9. The fourth-order valence-corrected chi connectivity index (χ4v) is 1.68. The molecule has 0 radical (unpaired) electrons. The van der Waals surface area contributed by atoms with E-state index in [0.717, 1.165) is 0 Å². The summed E-state index contributed by atoms with van der Waals surface area (Å²) >= 11 is 0.262. The van der Waals surface area contributed by atoms with E-state index < -0.39 is 20.6 Å². The molecule has 0 heterocycles. The van der Waals surface area contributed by atoms with Gasteiger partial charge in [-0.3, -0.25) is 4.21 Å². The van der Waals surface area contributed by atoms with Crippen molar-refractivity contribution in [3.05, 3.63) is 22.3 Å². The molecule has 0 aliphatic heterocycles.